The van der Waals surface area contributed by atoms with E-state index < -0.39 is 0 Å². The van der Waals surface area contributed by atoms with Gasteiger partial charge in [0.05, 0.1) is 17.0 Å². The molecule has 1 aromatic heterocycles. The Bertz CT molecular complexity index is 740. The number of benzene rings is 1. The average molecular weight is 327 g/mol. The molecular formula is C18H25N5O. The van der Waals surface area contributed by atoms with Crippen molar-refractivity contribution in [3.8, 4) is 0 Å². The van der Waals surface area contributed by atoms with Gasteiger partial charge in [-0.3, -0.25) is 21.0 Å². The molecule has 2 heterocycles. The zero-order valence-electron chi connectivity index (χ0n) is 14.1. The predicted molar refractivity (Wildman–Crippen MR) is 94.4 cm³/mol. The number of fused-ring (bicyclic) bond motifs is 2. The fraction of sp³-hybridized carbons (Fsp3) is 0.556. The van der Waals surface area contributed by atoms with Gasteiger partial charge in [-0.25, -0.2) is 4.98 Å². The van der Waals surface area contributed by atoms with Gasteiger partial charge < -0.3 is 4.57 Å². The van der Waals surface area contributed by atoms with Crippen LogP contribution in [0.3, 0.4) is 0 Å². The Morgan fingerprint density at radius 2 is 2.25 bits per heavy atom. The zero-order chi connectivity index (χ0) is 16.5. The molecular weight excluding hydrogens is 302 g/mol. The Balaban J connectivity index is 1.59. The zero-order valence-corrected chi connectivity index (χ0v) is 14.1. The van der Waals surface area contributed by atoms with E-state index >= 15 is 0 Å². The number of anilines is 1. The third-order valence-corrected chi connectivity index (χ3v) is 5.34. The van der Waals surface area contributed by atoms with Crippen LogP contribution in [0.15, 0.2) is 24.3 Å². The number of rotatable bonds is 4. The first kappa shape index (κ1) is 15.6. The number of aryl methyl sites for hydroxylation is 1. The monoisotopic (exact) mass is 327 g/mol. The first-order chi connectivity index (χ1) is 11.8. The summed E-state index contributed by atoms with van der Waals surface area (Å²) >= 11 is 0. The lowest BCUT2D eigenvalue weighted by molar-refractivity contribution is -0.122. The fourth-order valence-corrected chi connectivity index (χ4v) is 4.16. The van der Waals surface area contributed by atoms with Gasteiger partial charge in [-0.1, -0.05) is 25.5 Å². The fourth-order valence-electron chi connectivity index (χ4n) is 4.16. The van der Waals surface area contributed by atoms with Crippen LogP contribution in [-0.4, -0.2) is 28.0 Å². The summed E-state index contributed by atoms with van der Waals surface area (Å²) in [4.78, 5) is 17.6. The van der Waals surface area contributed by atoms with E-state index in [-0.39, 0.29) is 17.9 Å². The maximum absolute atomic E-state index is 12.9. The van der Waals surface area contributed by atoms with Gasteiger partial charge in [-0.05, 0) is 37.3 Å². The average Bonchev–Trinajstić information content (AvgIpc) is 3.20. The van der Waals surface area contributed by atoms with Crippen molar-refractivity contribution in [1.82, 2.24) is 20.4 Å². The quantitative estimate of drug-likeness (QED) is 0.806. The predicted octanol–water partition coefficient (Wildman–Crippen LogP) is 2.28. The van der Waals surface area contributed by atoms with Gasteiger partial charge in [0.25, 0.3) is 0 Å². The summed E-state index contributed by atoms with van der Waals surface area (Å²) in [5.41, 5.74) is 8.53. The van der Waals surface area contributed by atoms with Gasteiger partial charge in [0.1, 0.15) is 0 Å². The number of amides is 1. The van der Waals surface area contributed by atoms with Crippen molar-refractivity contribution in [3.63, 3.8) is 0 Å². The molecule has 2 fully saturated rings. The van der Waals surface area contributed by atoms with Gasteiger partial charge >= 0.3 is 0 Å². The summed E-state index contributed by atoms with van der Waals surface area (Å²) in [5.74, 6) is 1.34. The van der Waals surface area contributed by atoms with E-state index in [4.69, 9.17) is 0 Å². The Kier molecular flexibility index (Phi) is 4.24. The molecule has 1 aliphatic heterocycles. The molecule has 2 aliphatic rings. The Morgan fingerprint density at radius 1 is 1.38 bits per heavy atom. The van der Waals surface area contributed by atoms with E-state index in [9.17, 15) is 4.79 Å². The number of carbonyl (C=O) groups is 1. The molecule has 1 amide bonds. The SMILES string of the molecule is CCCn1c(NC(=O)C2CCCC3CNNC32)nc2ccccc21. The highest BCUT2D eigenvalue weighted by Gasteiger charge is 2.40. The molecule has 3 N–H and O–H groups in total. The van der Waals surface area contributed by atoms with Crippen LogP contribution in [-0.2, 0) is 11.3 Å². The molecule has 1 aliphatic carbocycles. The first-order valence-corrected chi connectivity index (χ1v) is 9.02. The highest BCUT2D eigenvalue weighted by molar-refractivity contribution is 5.93. The molecule has 2 aromatic rings. The number of aromatic nitrogens is 2. The number of carbonyl (C=O) groups excluding carboxylic acids is 1. The van der Waals surface area contributed by atoms with Crippen LogP contribution in [0, 0.1) is 11.8 Å². The molecule has 6 heteroatoms. The second-order valence-corrected chi connectivity index (χ2v) is 6.91. The number of nitrogens with one attached hydrogen (secondary N) is 3. The van der Waals surface area contributed by atoms with Crippen molar-refractivity contribution in [2.45, 2.75) is 45.2 Å². The maximum atomic E-state index is 12.9. The standard InChI is InChI=1S/C18H25N5O/c1-2-10-23-15-9-4-3-8-14(15)20-18(23)21-17(24)13-7-5-6-12-11-19-22-16(12)13/h3-4,8-9,12-13,16,19,22H,2,5-7,10-11H2,1H3,(H,20,21,24). The van der Waals surface area contributed by atoms with Crippen LogP contribution in [0.4, 0.5) is 5.95 Å². The molecule has 0 radical (unpaired) electrons. The minimum Gasteiger partial charge on any atom is -0.310 e. The Labute approximate surface area is 142 Å². The van der Waals surface area contributed by atoms with Crippen LogP contribution in [0.5, 0.6) is 0 Å². The van der Waals surface area contributed by atoms with Crippen LogP contribution in [0.2, 0.25) is 0 Å². The Hall–Kier alpha value is -1.92. The topological polar surface area (TPSA) is 71.0 Å². The number of para-hydroxylation sites is 2. The van der Waals surface area contributed by atoms with Gasteiger partial charge in [0.15, 0.2) is 0 Å². The number of hydrogen-bond donors (Lipinski definition) is 3. The van der Waals surface area contributed by atoms with Crippen molar-refractivity contribution in [1.29, 1.82) is 0 Å². The largest absolute Gasteiger partial charge is 0.310 e. The lowest BCUT2D eigenvalue weighted by Gasteiger charge is -2.31. The molecule has 1 saturated heterocycles. The van der Waals surface area contributed by atoms with Crippen LogP contribution < -0.4 is 16.2 Å². The molecule has 0 spiro atoms. The second kappa shape index (κ2) is 6.53. The smallest absolute Gasteiger partial charge is 0.231 e. The number of nitrogens with zero attached hydrogens (tertiary/aromatic N) is 2. The summed E-state index contributed by atoms with van der Waals surface area (Å²) in [6, 6.07) is 8.30. The first-order valence-electron chi connectivity index (χ1n) is 9.02. The summed E-state index contributed by atoms with van der Waals surface area (Å²) in [7, 11) is 0. The molecule has 3 atom stereocenters. The van der Waals surface area contributed by atoms with Gasteiger partial charge in [-0.15, -0.1) is 0 Å². The summed E-state index contributed by atoms with van der Waals surface area (Å²) in [6.07, 6.45) is 4.26. The van der Waals surface area contributed by atoms with Crippen molar-refractivity contribution in [2.24, 2.45) is 11.8 Å². The molecule has 4 rings (SSSR count). The molecule has 3 unspecified atom stereocenters. The number of hydrogen-bond acceptors (Lipinski definition) is 4. The maximum Gasteiger partial charge on any atom is 0.231 e. The summed E-state index contributed by atoms with van der Waals surface area (Å²) in [6.45, 7) is 3.95. The third kappa shape index (κ3) is 2.70. The lowest BCUT2D eigenvalue weighted by atomic mass is 9.77. The van der Waals surface area contributed by atoms with E-state index in [1.54, 1.807) is 0 Å². The van der Waals surface area contributed by atoms with Gasteiger partial charge in [0, 0.05) is 19.1 Å². The molecule has 1 aromatic carbocycles. The Morgan fingerprint density at radius 3 is 3.12 bits per heavy atom. The molecule has 128 valence electrons. The number of imidazole rings is 1. The van der Waals surface area contributed by atoms with Crippen molar-refractivity contribution >= 4 is 22.9 Å². The third-order valence-electron chi connectivity index (χ3n) is 5.34. The van der Waals surface area contributed by atoms with Crippen LogP contribution >= 0.6 is 0 Å². The van der Waals surface area contributed by atoms with E-state index in [0.29, 0.717) is 11.9 Å². The molecule has 1 saturated carbocycles. The normalized spacial score (nSPS) is 26.5. The second-order valence-electron chi connectivity index (χ2n) is 6.91. The van der Waals surface area contributed by atoms with E-state index in [1.807, 2.05) is 18.2 Å². The summed E-state index contributed by atoms with van der Waals surface area (Å²) in [5, 5.41) is 3.11. The molecule has 0 bridgehead atoms. The minimum atomic E-state index is 0.00800. The van der Waals surface area contributed by atoms with Crippen LogP contribution in [0.25, 0.3) is 11.0 Å². The highest BCUT2D eigenvalue weighted by atomic mass is 16.2. The molecule has 6 nitrogen and oxygen atoms in total. The van der Waals surface area contributed by atoms with E-state index in [1.165, 1.54) is 6.42 Å². The van der Waals surface area contributed by atoms with Crippen molar-refractivity contribution < 1.29 is 4.79 Å². The van der Waals surface area contributed by atoms with Crippen molar-refractivity contribution in [2.75, 3.05) is 11.9 Å². The highest BCUT2D eigenvalue weighted by Crippen LogP contribution is 2.32. The van der Waals surface area contributed by atoms with Crippen molar-refractivity contribution in [3.05, 3.63) is 24.3 Å². The summed E-state index contributed by atoms with van der Waals surface area (Å²) < 4.78 is 2.12. The van der Waals surface area contributed by atoms with E-state index in [2.05, 4.69) is 38.7 Å². The molecule has 24 heavy (non-hydrogen) atoms. The van der Waals surface area contributed by atoms with E-state index in [0.717, 1.165) is 43.4 Å². The van der Waals surface area contributed by atoms with Crippen LogP contribution in [0.1, 0.15) is 32.6 Å². The number of hydrazine groups is 1. The van der Waals surface area contributed by atoms with Gasteiger partial charge in [-0.2, -0.15) is 0 Å². The minimum absolute atomic E-state index is 0.00800. The van der Waals surface area contributed by atoms with Gasteiger partial charge in [0.2, 0.25) is 11.9 Å². The lowest BCUT2D eigenvalue weighted by Crippen LogP contribution is -2.46.